The number of nitrogens with two attached hydrogens (primary N) is 1. The Bertz CT molecular complexity index is 726. The van der Waals surface area contributed by atoms with Gasteiger partial charge in [-0.1, -0.05) is 27.3 Å². The molecule has 0 amide bonds. The van der Waals surface area contributed by atoms with Crippen molar-refractivity contribution in [3.63, 3.8) is 0 Å². The molecule has 1 aromatic carbocycles. The number of halogens is 1. The van der Waals surface area contributed by atoms with Gasteiger partial charge in [0.15, 0.2) is 9.34 Å². The van der Waals surface area contributed by atoms with Crippen LogP contribution in [0.2, 0.25) is 0 Å². The van der Waals surface area contributed by atoms with E-state index in [1.165, 1.54) is 0 Å². The molecule has 0 saturated heterocycles. The first kappa shape index (κ1) is 14.3. The average molecular weight is 362 g/mol. The van der Waals surface area contributed by atoms with E-state index in [9.17, 15) is 8.42 Å². The lowest BCUT2D eigenvalue weighted by Gasteiger charge is -2.08. The zero-order chi connectivity index (χ0) is 14.2. The third-order valence-electron chi connectivity index (χ3n) is 2.42. The molecule has 0 bridgehead atoms. The summed E-state index contributed by atoms with van der Waals surface area (Å²) in [4.78, 5) is 3.92. The fraction of sp³-hybridized carbons (Fsp3) is 0.182. The van der Waals surface area contributed by atoms with Crippen LogP contribution in [0.5, 0.6) is 0 Å². The SMILES string of the molecule is Cc1cc(NS(=O)(=O)c2sc(N)nc2C)ccc1Br. The lowest BCUT2D eigenvalue weighted by molar-refractivity contribution is 0.602. The number of rotatable bonds is 3. The molecule has 0 radical (unpaired) electrons. The second kappa shape index (κ2) is 5.10. The highest BCUT2D eigenvalue weighted by Gasteiger charge is 2.21. The molecule has 8 heteroatoms. The maximum Gasteiger partial charge on any atom is 0.273 e. The highest BCUT2D eigenvalue weighted by molar-refractivity contribution is 9.10. The summed E-state index contributed by atoms with van der Waals surface area (Å²) >= 11 is 4.32. The summed E-state index contributed by atoms with van der Waals surface area (Å²) in [5, 5.41) is 0.241. The molecular weight excluding hydrogens is 350 g/mol. The molecule has 0 aliphatic heterocycles. The number of nitrogens with one attached hydrogen (secondary N) is 1. The molecule has 0 fully saturated rings. The Morgan fingerprint density at radius 2 is 2.05 bits per heavy atom. The molecule has 2 aromatic rings. The van der Waals surface area contributed by atoms with Crippen molar-refractivity contribution in [2.45, 2.75) is 18.1 Å². The Hall–Kier alpha value is -1.12. The molecule has 0 saturated carbocycles. The van der Waals surface area contributed by atoms with Crippen LogP contribution in [0.4, 0.5) is 10.8 Å². The molecule has 3 N–H and O–H groups in total. The first-order chi connectivity index (χ1) is 8.79. The van der Waals surface area contributed by atoms with Gasteiger partial charge in [0.25, 0.3) is 10.0 Å². The highest BCUT2D eigenvalue weighted by Crippen LogP contribution is 2.28. The normalized spacial score (nSPS) is 11.5. The maximum absolute atomic E-state index is 12.2. The lowest BCUT2D eigenvalue weighted by Crippen LogP contribution is -2.12. The van der Waals surface area contributed by atoms with Crippen molar-refractivity contribution in [1.82, 2.24) is 4.98 Å². The molecule has 0 atom stereocenters. The summed E-state index contributed by atoms with van der Waals surface area (Å²) in [7, 11) is -3.64. The molecular formula is C11H12BrN3O2S2. The predicted molar refractivity (Wildman–Crippen MR) is 81.0 cm³/mol. The van der Waals surface area contributed by atoms with E-state index < -0.39 is 10.0 Å². The molecule has 1 aromatic heterocycles. The van der Waals surface area contributed by atoms with E-state index in [0.717, 1.165) is 21.4 Å². The fourth-order valence-corrected chi connectivity index (χ4v) is 4.16. The van der Waals surface area contributed by atoms with Crippen LogP contribution in [0.15, 0.2) is 26.9 Å². The zero-order valence-electron chi connectivity index (χ0n) is 10.3. The third kappa shape index (κ3) is 3.07. The van der Waals surface area contributed by atoms with Crippen LogP contribution in [-0.4, -0.2) is 13.4 Å². The van der Waals surface area contributed by atoms with Crippen LogP contribution in [0.1, 0.15) is 11.3 Å². The molecule has 0 unspecified atom stereocenters. The molecule has 0 aliphatic carbocycles. The largest absolute Gasteiger partial charge is 0.375 e. The molecule has 2 rings (SSSR count). The van der Waals surface area contributed by atoms with Gasteiger partial charge < -0.3 is 5.73 Å². The summed E-state index contributed by atoms with van der Waals surface area (Å²) in [6.07, 6.45) is 0. The number of hydrogen-bond donors (Lipinski definition) is 2. The molecule has 1 heterocycles. The topological polar surface area (TPSA) is 85.1 Å². The molecule has 0 aliphatic rings. The number of benzene rings is 1. The van der Waals surface area contributed by atoms with E-state index in [1.54, 1.807) is 25.1 Å². The zero-order valence-corrected chi connectivity index (χ0v) is 13.5. The monoisotopic (exact) mass is 361 g/mol. The van der Waals surface area contributed by atoms with Gasteiger partial charge in [-0.25, -0.2) is 13.4 Å². The number of hydrogen-bond acceptors (Lipinski definition) is 5. The number of nitrogen functional groups attached to an aromatic ring is 1. The highest BCUT2D eigenvalue weighted by atomic mass is 79.9. The number of anilines is 2. The van der Waals surface area contributed by atoms with Gasteiger partial charge in [-0.05, 0) is 37.6 Å². The van der Waals surface area contributed by atoms with Crippen LogP contribution in [-0.2, 0) is 10.0 Å². The van der Waals surface area contributed by atoms with Gasteiger partial charge >= 0.3 is 0 Å². The second-order valence-corrected chi connectivity index (χ2v) is 7.76. The van der Waals surface area contributed by atoms with Crippen molar-refractivity contribution >= 4 is 48.1 Å². The van der Waals surface area contributed by atoms with E-state index in [0.29, 0.717) is 11.4 Å². The van der Waals surface area contributed by atoms with Crippen molar-refractivity contribution in [2.24, 2.45) is 0 Å². The number of aromatic nitrogens is 1. The standard InChI is InChI=1S/C11H12BrN3O2S2/c1-6-5-8(3-4-9(6)12)15-19(16,17)10-7(2)14-11(13)18-10/h3-5,15H,1-2H3,(H2,13,14). The van der Waals surface area contributed by atoms with Crippen LogP contribution in [0, 0.1) is 13.8 Å². The van der Waals surface area contributed by atoms with Crippen LogP contribution in [0.3, 0.4) is 0 Å². The van der Waals surface area contributed by atoms with Crippen molar-refractivity contribution in [1.29, 1.82) is 0 Å². The minimum atomic E-state index is -3.64. The Morgan fingerprint density at radius 3 is 2.58 bits per heavy atom. The van der Waals surface area contributed by atoms with Gasteiger partial charge in [-0.2, -0.15) is 0 Å². The Kier molecular flexibility index (Phi) is 3.84. The van der Waals surface area contributed by atoms with Crippen LogP contribution < -0.4 is 10.5 Å². The number of nitrogens with zero attached hydrogens (tertiary/aromatic N) is 1. The minimum absolute atomic E-state index is 0.144. The Labute approximate surface area is 124 Å². The summed E-state index contributed by atoms with van der Waals surface area (Å²) in [5.74, 6) is 0. The molecule has 19 heavy (non-hydrogen) atoms. The van der Waals surface area contributed by atoms with Gasteiger partial charge in [0.05, 0.1) is 5.69 Å². The van der Waals surface area contributed by atoms with E-state index in [4.69, 9.17) is 5.73 Å². The third-order valence-corrected chi connectivity index (χ3v) is 6.29. The number of sulfonamides is 1. The molecule has 5 nitrogen and oxygen atoms in total. The van der Waals surface area contributed by atoms with E-state index in [1.807, 2.05) is 6.92 Å². The van der Waals surface area contributed by atoms with Gasteiger partial charge in [-0.3, -0.25) is 4.72 Å². The van der Waals surface area contributed by atoms with Gasteiger partial charge in [-0.15, -0.1) is 0 Å². The first-order valence-electron chi connectivity index (χ1n) is 5.31. The average Bonchev–Trinajstić information content (AvgIpc) is 2.63. The Balaban J connectivity index is 2.36. The number of aryl methyl sites for hydroxylation is 2. The van der Waals surface area contributed by atoms with Crippen LogP contribution >= 0.6 is 27.3 Å². The fourth-order valence-electron chi connectivity index (χ4n) is 1.56. The predicted octanol–water partition coefficient (Wildman–Crippen LogP) is 2.91. The lowest BCUT2D eigenvalue weighted by atomic mass is 10.2. The van der Waals surface area contributed by atoms with Gasteiger partial charge in [0, 0.05) is 10.2 Å². The summed E-state index contributed by atoms with van der Waals surface area (Å²) in [6.45, 7) is 3.51. The van der Waals surface area contributed by atoms with E-state index in [2.05, 4.69) is 25.6 Å². The van der Waals surface area contributed by atoms with E-state index in [-0.39, 0.29) is 9.34 Å². The van der Waals surface area contributed by atoms with Crippen LogP contribution in [0.25, 0.3) is 0 Å². The molecule has 0 spiro atoms. The van der Waals surface area contributed by atoms with Crippen molar-refractivity contribution in [2.75, 3.05) is 10.5 Å². The first-order valence-corrected chi connectivity index (χ1v) is 8.41. The summed E-state index contributed by atoms with van der Waals surface area (Å²) < 4.78 is 28.0. The van der Waals surface area contributed by atoms with Gasteiger partial charge in [0.2, 0.25) is 0 Å². The smallest absolute Gasteiger partial charge is 0.273 e. The number of thiazole rings is 1. The van der Waals surface area contributed by atoms with Crippen molar-refractivity contribution in [3.8, 4) is 0 Å². The summed E-state index contributed by atoms with van der Waals surface area (Å²) in [6, 6.07) is 5.23. The Morgan fingerprint density at radius 1 is 1.37 bits per heavy atom. The minimum Gasteiger partial charge on any atom is -0.375 e. The van der Waals surface area contributed by atoms with Gasteiger partial charge in [0.1, 0.15) is 0 Å². The van der Waals surface area contributed by atoms with Crippen molar-refractivity contribution in [3.05, 3.63) is 33.9 Å². The van der Waals surface area contributed by atoms with E-state index >= 15 is 0 Å². The van der Waals surface area contributed by atoms with Crippen molar-refractivity contribution < 1.29 is 8.42 Å². The maximum atomic E-state index is 12.2. The summed E-state index contributed by atoms with van der Waals surface area (Å²) in [5.41, 5.74) is 7.38. The quantitative estimate of drug-likeness (QED) is 0.879. The molecule has 102 valence electrons. The second-order valence-electron chi connectivity index (χ2n) is 3.99.